The Kier molecular flexibility index (Phi) is 4.38. The molecule has 104 valence electrons. The highest BCUT2D eigenvalue weighted by Crippen LogP contribution is 2.22. The van der Waals surface area contributed by atoms with Crippen molar-refractivity contribution in [2.24, 2.45) is 0 Å². The van der Waals surface area contributed by atoms with Gasteiger partial charge in [0.15, 0.2) is 0 Å². The second-order valence-electron chi connectivity index (χ2n) is 4.71. The van der Waals surface area contributed by atoms with Gasteiger partial charge in [0.25, 0.3) is 0 Å². The van der Waals surface area contributed by atoms with Crippen LogP contribution in [0.15, 0.2) is 48.5 Å². The number of hydrogen-bond donors (Lipinski definition) is 3. The van der Waals surface area contributed by atoms with E-state index < -0.39 is 6.10 Å². The van der Waals surface area contributed by atoms with Crippen molar-refractivity contribution in [3.8, 4) is 0 Å². The van der Waals surface area contributed by atoms with Crippen molar-refractivity contribution in [1.82, 2.24) is 0 Å². The van der Waals surface area contributed by atoms with E-state index in [0.29, 0.717) is 11.3 Å². The highest BCUT2D eigenvalue weighted by molar-refractivity contribution is 6.00. The standard InChI is InChI=1S/C16H18N2O2/c1-11-7-9-13(10-8-11)17-16(20)18-15-6-4-3-5-14(15)12(2)19/h3-10,12,19H,1-2H3,(H2,17,18,20). The maximum absolute atomic E-state index is 11.9. The summed E-state index contributed by atoms with van der Waals surface area (Å²) >= 11 is 0. The van der Waals surface area contributed by atoms with Crippen LogP contribution in [0.3, 0.4) is 0 Å². The molecule has 0 spiro atoms. The van der Waals surface area contributed by atoms with Crippen LogP contribution in [0.5, 0.6) is 0 Å². The summed E-state index contributed by atoms with van der Waals surface area (Å²) in [6.07, 6.45) is -0.633. The number of rotatable bonds is 3. The van der Waals surface area contributed by atoms with Gasteiger partial charge in [-0.15, -0.1) is 0 Å². The monoisotopic (exact) mass is 270 g/mol. The highest BCUT2D eigenvalue weighted by Gasteiger charge is 2.09. The zero-order chi connectivity index (χ0) is 14.5. The number of benzene rings is 2. The molecule has 0 aliphatic heterocycles. The highest BCUT2D eigenvalue weighted by atomic mass is 16.3. The van der Waals surface area contributed by atoms with Crippen molar-refractivity contribution in [3.63, 3.8) is 0 Å². The van der Waals surface area contributed by atoms with Crippen LogP contribution in [0, 0.1) is 6.92 Å². The number of anilines is 2. The summed E-state index contributed by atoms with van der Waals surface area (Å²) in [5.41, 5.74) is 3.15. The van der Waals surface area contributed by atoms with Crippen LogP contribution < -0.4 is 10.6 Å². The van der Waals surface area contributed by atoms with E-state index in [1.807, 2.05) is 43.3 Å². The van der Waals surface area contributed by atoms with Gasteiger partial charge in [0.2, 0.25) is 0 Å². The fraction of sp³-hybridized carbons (Fsp3) is 0.188. The zero-order valence-electron chi connectivity index (χ0n) is 11.6. The molecule has 0 heterocycles. The molecule has 0 saturated heterocycles. The normalized spacial score (nSPS) is 11.8. The Morgan fingerprint density at radius 3 is 2.35 bits per heavy atom. The summed E-state index contributed by atoms with van der Waals surface area (Å²) < 4.78 is 0. The molecule has 2 aromatic rings. The van der Waals surface area contributed by atoms with Crippen molar-refractivity contribution < 1.29 is 9.90 Å². The molecule has 3 N–H and O–H groups in total. The number of amides is 2. The van der Waals surface area contributed by atoms with Gasteiger partial charge >= 0.3 is 6.03 Å². The number of carbonyl (C=O) groups excluding carboxylic acids is 1. The van der Waals surface area contributed by atoms with Gasteiger partial charge in [-0.25, -0.2) is 4.79 Å². The van der Waals surface area contributed by atoms with E-state index in [-0.39, 0.29) is 6.03 Å². The van der Waals surface area contributed by atoms with Crippen molar-refractivity contribution >= 4 is 17.4 Å². The van der Waals surface area contributed by atoms with Crippen LogP contribution in [0.25, 0.3) is 0 Å². The quantitative estimate of drug-likeness (QED) is 0.796. The molecular weight excluding hydrogens is 252 g/mol. The largest absolute Gasteiger partial charge is 0.389 e. The summed E-state index contributed by atoms with van der Waals surface area (Å²) in [5, 5.41) is 15.2. The molecule has 4 nitrogen and oxygen atoms in total. The van der Waals surface area contributed by atoms with Gasteiger partial charge in [-0.2, -0.15) is 0 Å². The molecule has 2 rings (SSSR count). The topological polar surface area (TPSA) is 61.4 Å². The molecule has 0 fully saturated rings. The Labute approximate surface area is 118 Å². The number of urea groups is 1. The zero-order valence-corrected chi connectivity index (χ0v) is 11.6. The molecule has 0 aliphatic carbocycles. The lowest BCUT2D eigenvalue weighted by atomic mass is 10.1. The predicted molar refractivity (Wildman–Crippen MR) is 80.9 cm³/mol. The van der Waals surface area contributed by atoms with E-state index in [9.17, 15) is 9.90 Å². The second-order valence-corrected chi connectivity index (χ2v) is 4.71. The van der Waals surface area contributed by atoms with Crippen LogP contribution in [-0.4, -0.2) is 11.1 Å². The SMILES string of the molecule is Cc1ccc(NC(=O)Nc2ccccc2C(C)O)cc1. The molecule has 20 heavy (non-hydrogen) atoms. The molecule has 0 aromatic heterocycles. The van der Waals surface area contributed by atoms with Gasteiger partial charge < -0.3 is 15.7 Å². The number of aryl methyl sites for hydroxylation is 1. The predicted octanol–water partition coefficient (Wildman–Crippen LogP) is 3.69. The minimum Gasteiger partial charge on any atom is -0.389 e. The first-order chi connectivity index (χ1) is 9.56. The molecule has 0 bridgehead atoms. The van der Waals surface area contributed by atoms with Crippen molar-refractivity contribution in [2.45, 2.75) is 20.0 Å². The fourth-order valence-electron chi connectivity index (χ4n) is 1.90. The van der Waals surface area contributed by atoms with E-state index in [2.05, 4.69) is 10.6 Å². The molecular formula is C16H18N2O2. The van der Waals surface area contributed by atoms with Crippen LogP contribution >= 0.6 is 0 Å². The maximum Gasteiger partial charge on any atom is 0.323 e. The number of hydrogen-bond acceptors (Lipinski definition) is 2. The van der Waals surface area contributed by atoms with Gasteiger partial charge in [0, 0.05) is 16.9 Å². The van der Waals surface area contributed by atoms with Crippen molar-refractivity contribution in [3.05, 3.63) is 59.7 Å². The number of nitrogens with one attached hydrogen (secondary N) is 2. The number of aliphatic hydroxyl groups is 1. The third-order valence-electron chi connectivity index (χ3n) is 2.97. The first-order valence-corrected chi connectivity index (χ1v) is 6.48. The molecule has 2 aromatic carbocycles. The molecule has 2 amide bonds. The third-order valence-corrected chi connectivity index (χ3v) is 2.97. The summed E-state index contributed by atoms with van der Waals surface area (Å²) in [4.78, 5) is 11.9. The third kappa shape index (κ3) is 3.59. The van der Waals surface area contributed by atoms with E-state index >= 15 is 0 Å². The van der Waals surface area contributed by atoms with Gasteiger partial charge in [0.1, 0.15) is 0 Å². The number of aliphatic hydroxyl groups excluding tert-OH is 1. The van der Waals surface area contributed by atoms with Crippen LogP contribution in [0.4, 0.5) is 16.2 Å². The lowest BCUT2D eigenvalue weighted by Crippen LogP contribution is -2.20. The fourth-order valence-corrected chi connectivity index (χ4v) is 1.90. The van der Waals surface area contributed by atoms with E-state index in [4.69, 9.17) is 0 Å². The minimum absolute atomic E-state index is 0.332. The average Bonchev–Trinajstić information content (AvgIpc) is 2.41. The van der Waals surface area contributed by atoms with Crippen LogP contribution in [0.1, 0.15) is 24.2 Å². The molecule has 4 heteroatoms. The molecule has 0 aliphatic rings. The Hall–Kier alpha value is -2.33. The molecule has 1 atom stereocenters. The molecule has 0 saturated carbocycles. The smallest absolute Gasteiger partial charge is 0.323 e. The molecule has 0 radical (unpaired) electrons. The Bertz CT molecular complexity index is 592. The van der Waals surface area contributed by atoms with E-state index in [1.165, 1.54) is 0 Å². The number of para-hydroxylation sites is 1. The summed E-state index contributed by atoms with van der Waals surface area (Å²) in [5.74, 6) is 0. The van der Waals surface area contributed by atoms with Crippen LogP contribution in [-0.2, 0) is 0 Å². The van der Waals surface area contributed by atoms with Gasteiger partial charge in [-0.1, -0.05) is 35.9 Å². The average molecular weight is 270 g/mol. The van der Waals surface area contributed by atoms with E-state index in [1.54, 1.807) is 19.1 Å². The summed E-state index contributed by atoms with van der Waals surface area (Å²) in [6, 6.07) is 14.4. The van der Waals surface area contributed by atoms with Crippen molar-refractivity contribution in [1.29, 1.82) is 0 Å². The van der Waals surface area contributed by atoms with Gasteiger partial charge in [-0.3, -0.25) is 0 Å². The van der Waals surface area contributed by atoms with Gasteiger partial charge in [-0.05, 0) is 32.0 Å². The van der Waals surface area contributed by atoms with Gasteiger partial charge in [0.05, 0.1) is 6.10 Å². The minimum atomic E-state index is -0.633. The lowest BCUT2D eigenvalue weighted by Gasteiger charge is -2.13. The Morgan fingerprint density at radius 2 is 1.70 bits per heavy atom. The first-order valence-electron chi connectivity index (χ1n) is 6.48. The Balaban J connectivity index is 2.07. The summed E-state index contributed by atoms with van der Waals surface area (Å²) in [7, 11) is 0. The number of carbonyl (C=O) groups is 1. The summed E-state index contributed by atoms with van der Waals surface area (Å²) in [6.45, 7) is 3.65. The molecule has 1 unspecified atom stereocenters. The first kappa shape index (κ1) is 14.1. The lowest BCUT2D eigenvalue weighted by molar-refractivity contribution is 0.200. The van der Waals surface area contributed by atoms with Crippen LogP contribution in [0.2, 0.25) is 0 Å². The van der Waals surface area contributed by atoms with E-state index in [0.717, 1.165) is 11.3 Å². The Morgan fingerprint density at radius 1 is 1.05 bits per heavy atom. The maximum atomic E-state index is 11.9. The second kappa shape index (κ2) is 6.21. The van der Waals surface area contributed by atoms with Crippen molar-refractivity contribution in [2.75, 3.05) is 10.6 Å².